The largest absolute Gasteiger partial charge is 0.477 e. The minimum atomic E-state index is -0.922. The van der Waals surface area contributed by atoms with Gasteiger partial charge in [0.25, 0.3) is 0 Å². The summed E-state index contributed by atoms with van der Waals surface area (Å²) >= 11 is 1.27. The second kappa shape index (κ2) is 8.19. The highest BCUT2D eigenvalue weighted by molar-refractivity contribution is 7.13. The van der Waals surface area contributed by atoms with Crippen LogP contribution in [0.4, 0.5) is 0 Å². The van der Waals surface area contributed by atoms with Gasteiger partial charge >= 0.3 is 5.97 Å². The van der Waals surface area contributed by atoms with Gasteiger partial charge in [-0.1, -0.05) is 91.0 Å². The van der Waals surface area contributed by atoms with E-state index in [1.54, 1.807) is 0 Å². The predicted molar refractivity (Wildman–Crippen MR) is 112 cm³/mol. The van der Waals surface area contributed by atoms with Crippen LogP contribution in [0.1, 0.15) is 43.0 Å². The second-order valence-corrected chi connectivity index (χ2v) is 7.58. The first-order valence-electron chi connectivity index (χ1n) is 9.09. The van der Waals surface area contributed by atoms with E-state index in [0.29, 0.717) is 17.0 Å². The molecule has 0 saturated heterocycles. The lowest BCUT2D eigenvalue weighted by Crippen LogP contribution is -2.03. The van der Waals surface area contributed by atoms with Crippen molar-refractivity contribution in [2.75, 3.05) is 0 Å². The third-order valence-corrected chi connectivity index (χ3v) is 5.79. The molecule has 4 aromatic rings. The van der Waals surface area contributed by atoms with Gasteiger partial charge in [-0.15, -0.1) is 11.3 Å². The number of nitrogens with zero attached hydrogens (tertiary/aromatic N) is 1. The highest BCUT2D eigenvalue weighted by atomic mass is 32.1. The van der Waals surface area contributed by atoms with Crippen molar-refractivity contribution in [3.63, 3.8) is 0 Å². The highest BCUT2D eigenvalue weighted by Gasteiger charge is 2.25. The Bertz CT molecular complexity index is 1020. The Kier molecular flexibility index (Phi) is 5.31. The van der Waals surface area contributed by atoms with Gasteiger partial charge in [0.2, 0.25) is 0 Å². The molecule has 3 nitrogen and oxygen atoms in total. The lowest BCUT2D eigenvalue weighted by atomic mass is 9.92. The lowest BCUT2D eigenvalue weighted by molar-refractivity contribution is 0.0701. The monoisotopic (exact) mass is 385 g/mol. The first-order chi connectivity index (χ1) is 13.7. The first kappa shape index (κ1) is 18.1. The molecule has 4 heteroatoms. The van der Waals surface area contributed by atoms with Crippen molar-refractivity contribution in [1.29, 1.82) is 0 Å². The Labute approximate surface area is 168 Å². The molecule has 138 valence electrons. The summed E-state index contributed by atoms with van der Waals surface area (Å²) in [4.78, 5) is 17.0. The van der Waals surface area contributed by atoms with Crippen molar-refractivity contribution < 1.29 is 9.90 Å². The lowest BCUT2D eigenvalue weighted by Gasteiger charge is -2.15. The number of rotatable bonds is 6. The van der Waals surface area contributed by atoms with Crippen molar-refractivity contribution in [2.45, 2.75) is 12.3 Å². The standard InChI is InChI=1S/C24H19NO2S/c26-24(27)22-20(16-17-10-4-1-5-11-17)25-23(28-22)21(18-12-6-2-7-13-18)19-14-8-3-9-15-19/h1-15,21H,16H2,(H,26,27). The number of hydrogen-bond donors (Lipinski definition) is 1. The van der Waals surface area contributed by atoms with Crippen LogP contribution in [0.15, 0.2) is 91.0 Å². The average Bonchev–Trinajstić information content (AvgIpc) is 3.14. The van der Waals surface area contributed by atoms with E-state index < -0.39 is 5.97 Å². The molecule has 3 aromatic carbocycles. The van der Waals surface area contributed by atoms with Crippen LogP contribution in [0, 0.1) is 0 Å². The van der Waals surface area contributed by atoms with E-state index >= 15 is 0 Å². The zero-order chi connectivity index (χ0) is 19.3. The van der Waals surface area contributed by atoms with Gasteiger partial charge in [0.15, 0.2) is 0 Å². The average molecular weight is 385 g/mol. The summed E-state index contributed by atoms with van der Waals surface area (Å²) in [5, 5.41) is 10.6. The van der Waals surface area contributed by atoms with Crippen LogP contribution in [0.3, 0.4) is 0 Å². The van der Waals surface area contributed by atoms with Crippen LogP contribution >= 0.6 is 11.3 Å². The number of thiazole rings is 1. The molecular formula is C24H19NO2S. The van der Waals surface area contributed by atoms with E-state index in [1.807, 2.05) is 66.7 Å². The maximum Gasteiger partial charge on any atom is 0.347 e. The van der Waals surface area contributed by atoms with Crippen LogP contribution in [-0.2, 0) is 6.42 Å². The fourth-order valence-electron chi connectivity index (χ4n) is 3.34. The molecule has 28 heavy (non-hydrogen) atoms. The predicted octanol–water partition coefficient (Wildman–Crippen LogP) is 5.61. The fourth-order valence-corrected chi connectivity index (χ4v) is 4.42. The van der Waals surface area contributed by atoms with Crippen molar-refractivity contribution in [2.24, 2.45) is 0 Å². The van der Waals surface area contributed by atoms with Crippen molar-refractivity contribution in [1.82, 2.24) is 4.98 Å². The topological polar surface area (TPSA) is 50.2 Å². The fraction of sp³-hybridized carbons (Fsp3) is 0.0833. The molecule has 0 bridgehead atoms. The van der Waals surface area contributed by atoms with Crippen LogP contribution in [-0.4, -0.2) is 16.1 Å². The zero-order valence-corrected chi connectivity index (χ0v) is 16.0. The van der Waals surface area contributed by atoms with Crippen LogP contribution in [0.5, 0.6) is 0 Å². The highest BCUT2D eigenvalue weighted by Crippen LogP contribution is 2.36. The SMILES string of the molecule is O=C(O)c1sc(C(c2ccccc2)c2ccccc2)nc1Cc1ccccc1. The number of aromatic carboxylic acids is 1. The molecule has 1 N–H and O–H groups in total. The molecule has 1 heterocycles. The smallest absolute Gasteiger partial charge is 0.347 e. The minimum Gasteiger partial charge on any atom is -0.477 e. The van der Waals surface area contributed by atoms with Gasteiger partial charge in [-0.05, 0) is 16.7 Å². The summed E-state index contributed by atoms with van der Waals surface area (Å²) in [7, 11) is 0. The first-order valence-corrected chi connectivity index (χ1v) is 9.90. The number of benzene rings is 3. The normalized spacial score (nSPS) is 10.9. The molecule has 0 aliphatic carbocycles. The summed E-state index contributed by atoms with van der Waals surface area (Å²) in [6, 6.07) is 30.1. The second-order valence-electron chi connectivity index (χ2n) is 6.55. The molecule has 0 unspecified atom stereocenters. The van der Waals surface area contributed by atoms with E-state index in [0.717, 1.165) is 21.7 Å². The molecule has 0 fully saturated rings. The Morgan fingerprint density at radius 1 is 0.821 bits per heavy atom. The van der Waals surface area contributed by atoms with Crippen molar-refractivity contribution in [3.05, 3.63) is 123 Å². The summed E-state index contributed by atoms with van der Waals surface area (Å²) in [5.74, 6) is -1.01. The molecule has 1 aromatic heterocycles. The Morgan fingerprint density at radius 3 is 1.82 bits per heavy atom. The number of aromatic nitrogens is 1. The Balaban J connectivity index is 1.81. The van der Waals surface area contributed by atoms with Gasteiger partial charge in [-0.3, -0.25) is 0 Å². The van der Waals surface area contributed by atoms with Gasteiger partial charge in [-0.25, -0.2) is 9.78 Å². The molecular weight excluding hydrogens is 366 g/mol. The molecule has 0 atom stereocenters. The third kappa shape index (κ3) is 3.87. The maximum atomic E-state index is 11.9. The number of carboxylic acids is 1. The van der Waals surface area contributed by atoms with E-state index in [9.17, 15) is 9.90 Å². The van der Waals surface area contributed by atoms with Gasteiger partial charge in [0.05, 0.1) is 11.6 Å². The van der Waals surface area contributed by atoms with Gasteiger partial charge < -0.3 is 5.11 Å². The number of carbonyl (C=O) groups is 1. The molecule has 4 rings (SSSR count). The number of hydrogen-bond acceptors (Lipinski definition) is 3. The van der Waals surface area contributed by atoms with Gasteiger partial charge in [0.1, 0.15) is 9.88 Å². The molecule has 0 saturated carbocycles. The van der Waals surface area contributed by atoms with E-state index in [2.05, 4.69) is 24.3 Å². The van der Waals surface area contributed by atoms with Crippen LogP contribution < -0.4 is 0 Å². The third-order valence-electron chi connectivity index (χ3n) is 4.64. The molecule has 0 aliphatic rings. The minimum absolute atomic E-state index is 0.0879. The molecule has 0 amide bonds. The maximum absolute atomic E-state index is 11.9. The Morgan fingerprint density at radius 2 is 1.32 bits per heavy atom. The van der Waals surface area contributed by atoms with Crippen molar-refractivity contribution in [3.8, 4) is 0 Å². The molecule has 0 radical (unpaired) electrons. The van der Waals surface area contributed by atoms with Crippen LogP contribution in [0.2, 0.25) is 0 Å². The summed E-state index contributed by atoms with van der Waals surface area (Å²) in [5.41, 5.74) is 3.88. The zero-order valence-electron chi connectivity index (χ0n) is 15.2. The van der Waals surface area contributed by atoms with Crippen molar-refractivity contribution >= 4 is 17.3 Å². The quantitative estimate of drug-likeness (QED) is 0.469. The Hall–Kier alpha value is -3.24. The van der Waals surface area contributed by atoms with E-state index in [1.165, 1.54) is 11.3 Å². The summed E-state index contributed by atoms with van der Waals surface area (Å²) < 4.78 is 0. The van der Waals surface area contributed by atoms with Crippen LogP contribution in [0.25, 0.3) is 0 Å². The van der Waals surface area contributed by atoms with E-state index in [4.69, 9.17) is 4.98 Å². The molecule has 0 spiro atoms. The van der Waals surface area contributed by atoms with E-state index in [-0.39, 0.29) is 5.92 Å². The number of carboxylic acid groups (broad SMARTS) is 1. The molecule has 0 aliphatic heterocycles. The summed E-state index contributed by atoms with van der Waals surface area (Å²) in [6.07, 6.45) is 0.509. The summed E-state index contributed by atoms with van der Waals surface area (Å²) in [6.45, 7) is 0. The van der Waals surface area contributed by atoms with Gasteiger partial charge in [-0.2, -0.15) is 0 Å². The van der Waals surface area contributed by atoms with Gasteiger partial charge in [0, 0.05) is 6.42 Å².